The summed E-state index contributed by atoms with van der Waals surface area (Å²) >= 11 is 0. The maximum Gasteiger partial charge on any atom is 0.0465 e. The normalized spacial score (nSPS) is 14.6. The fraction of sp³-hybridized carbons (Fsp3) is 0.600. The molecule has 1 rings (SSSR count). The summed E-state index contributed by atoms with van der Waals surface area (Å²) in [6, 6.07) is 9.19. The summed E-state index contributed by atoms with van der Waals surface area (Å²) in [5, 5.41) is 3.58. The third-order valence-corrected chi connectivity index (χ3v) is 3.17. The topological polar surface area (TPSA) is 21.3 Å². The van der Waals surface area contributed by atoms with E-state index >= 15 is 0 Å². The Labute approximate surface area is 105 Å². The van der Waals surface area contributed by atoms with Crippen LogP contribution >= 0.6 is 0 Å². The highest BCUT2D eigenvalue weighted by molar-refractivity contribution is 5.25. The Kier molecular flexibility index (Phi) is 6.23. The highest BCUT2D eigenvalue weighted by atomic mass is 16.5. The number of benzene rings is 1. The van der Waals surface area contributed by atoms with Crippen LogP contribution in [0.1, 0.15) is 37.4 Å². The highest BCUT2D eigenvalue weighted by Crippen LogP contribution is 2.25. The summed E-state index contributed by atoms with van der Waals surface area (Å²) in [7, 11) is 1.77. The Morgan fingerprint density at radius 3 is 2.71 bits per heavy atom. The van der Waals surface area contributed by atoms with E-state index in [1.54, 1.807) is 7.11 Å². The predicted octanol–water partition coefficient (Wildman–Crippen LogP) is 3.32. The van der Waals surface area contributed by atoms with Crippen LogP contribution < -0.4 is 5.32 Å². The number of aryl methyl sites for hydroxylation is 1. The van der Waals surface area contributed by atoms with E-state index in [-0.39, 0.29) is 0 Å². The average Bonchev–Trinajstić information content (AvgIpc) is 2.33. The van der Waals surface area contributed by atoms with Gasteiger partial charge in [0.25, 0.3) is 0 Å². The Bertz CT molecular complexity index is 324. The Hall–Kier alpha value is -0.860. The molecule has 0 aliphatic heterocycles. The van der Waals surface area contributed by atoms with Crippen LogP contribution in [-0.4, -0.2) is 20.3 Å². The van der Waals surface area contributed by atoms with Crippen molar-refractivity contribution in [1.29, 1.82) is 0 Å². The molecule has 96 valence electrons. The summed E-state index contributed by atoms with van der Waals surface area (Å²) in [6.45, 7) is 8.41. The lowest BCUT2D eigenvalue weighted by molar-refractivity contribution is 0.170. The van der Waals surface area contributed by atoms with Crippen molar-refractivity contribution in [1.82, 2.24) is 5.32 Å². The van der Waals surface area contributed by atoms with E-state index in [0.29, 0.717) is 12.0 Å². The molecule has 0 spiro atoms. The zero-order chi connectivity index (χ0) is 12.7. The lowest BCUT2D eigenvalue weighted by Crippen LogP contribution is -2.27. The summed E-state index contributed by atoms with van der Waals surface area (Å²) in [5.74, 6) is 0.580. The molecule has 1 aromatic rings. The zero-order valence-corrected chi connectivity index (χ0v) is 11.5. The van der Waals surface area contributed by atoms with Gasteiger partial charge in [0.05, 0.1) is 0 Å². The van der Waals surface area contributed by atoms with Gasteiger partial charge in [-0.15, -0.1) is 0 Å². The second-order valence-electron chi connectivity index (χ2n) is 4.71. The molecule has 0 aliphatic carbocycles. The quantitative estimate of drug-likeness (QED) is 0.783. The van der Waals surface area contributed by atoms with E-state index in [9.17, 15) is 0 Å². The number of hydrogen-bond donors (Lipinski definition) is 1. The SMILES string of the molecule is CCNC(c1cccc(C)c1)C(C)CCOC. The number of nitrogens with one attached hydrogen (secondary N) is 1. The number of methoxy groups -OCH3 is 1. The molecule has 0 fully saturated rings. The molecule has 17 heavy (non-hydrogen) atoms. The second kappa shape index (κ2) is 7.46. The lowest BCUT2D eigenvalue weighted by atomic mass is 9.91. The standard InChI is InChI=1S/C15H25NO/c1-5-16-15(13(3)9-10-17-4)14-8-6-7-12(2)11-14/h6-8,11,13,15-16H,5,9-10H2,1-4H3. The number of hydrogen-bond acceptors (Lipinski definition) is 2. The van der Waals surface area contributed by atoms with Crippen molar-refractivity contribution in [2.45, 2.75) is 33.2 Å². The van der Waals surface area contributed by atoms with E-state index in [0.717, 1.165) is 19.6 Å². The van der Waals surface area contributed by atoms with Gasteiger partial charge in [-0.1, -0.05) is 43.7 Å². The minimum Gasteiger partial charge on any atom is -0.385 e. The summed E-state index contributed by atoms with van der Waals surface area (Å²) in [4.78, 5) is 0. The molecular formula is C15H25NO. The van der Waals surface area contributed by atoms with Crippen LogP contribution in [0.5, 0.6) is 0 Å². The first kappa shape index (κ1) is 14.2. The van der Waals surface area contributed by atoms with Gasteiger partial charge in [0.15, 0.2) is 0 Å². The number of ether oxygens (including phenoxy) is 1. The van der Waals surface area contributed by atoms with Crippen molar-refractivity contribution < 1.29 is 4.74 Å². The van der Waals surface area contributed by atoms with Crippen molar-refractivity contribution in [3.05, 3.63) is 35.4 Å². The first-order valence-corrected chi connectivity index (χ1v) is 6.48. The fourth-order valence-electron chi connectivity index (χ4n) is 2.20. The molecule has 0 aliphatic rings. The van der Waals surface area contributed by atoms with Crippen LogP contribution in [-0.2, 0) is 4.74 Å². The molecule has 0 heterocycles. The monoisotopic (exact) mass is 235 g/mol. The molecule has 0 saturated heterocycles. The average molecular weight is 235 g/mol. The van der Waals surface area contributed by atoms with Crippen LogP contribution in [0.2, 0.25) is 0 Å². The third kappa shape index (κ3) is 4.49. The zero-order valence-electron chi connectivity index (χ0n) is 11.5. The minimum absolute atomic E-state index is 0.426. The molecular weight excluding hydrogens is 210 g/mol. The molecule has 2 atom stereocenters. The van der Waals surface area contributed by atoms with Gasteiger partial charge in [-0.2, -0.15) is 0 Å². The van der Waals surface area contributed by atoms with Crippen molar-refractivity contribution in [3.8, 4) is 0 Å². The van der Waals surface area contributed by atoms with Gasteiger partial charge in [-0.3, -0.25) is 0 Å². The molecule has 0 aromatic heterocycles. The molecule has 1 aromatic carbocycles. The van der Waals surface area contributed by atoms with Crippen LogP contribution in [0.15, 0.2) is 24.3 Å². The smallest absolute Gasteiger partial charge is 0.0465 e. The van der Waals surface area contributed by atoms with Crippen LogP contribution in [0.25, 0.3) is 0 Å². The second-order valence-corrected chi connectivity index (χ2v) is 4.71. The maximum absolute atomic E-state index is 5.17. The largest absolute Gasteiger partial charge is 0.385 e. The third-order valence-electron chi connectivity index (χ3n) is 3.17. The molecule has 0 radical (unpaired) electrons. The van der Waals surface area contributed by atoms with Gasteiger partial charge in [-0.05, 0) is 31.4 Å². The van der Waals surface area contributed by atoms with Crippen molar-refractivity contribution in [3.63, 3.8) is 0 Å². The van der Waals surface area contributed by atoms with Crippen molar-refractivity contribution in [2.24, 2.45) is 5.92 Å². The van der Waals surface area contributed by atoms with Crippen LogP contribution in [0, 0.1) is 12.8 Å². The van der Waals surface area contributed by atoms with Gasteiger partial charge < -0.3 is 10.1 Å². The van der Waals surface area contributed by atoms with E-state index in [1.807, 2.05) is 0 Å². The first-order valence-electron chi connectivity index (χ1n) is 6.48. The summed E-state index contributed by atoms with van der Waals surface area (Å²) in [5.41, 5.74) is 2.71. The molecule has 0 saturated carbocycles. The van der Waals surface area contributed by atoms with Gasteiger partial charge in [0, 0.05) is 19.8 Å². The Morgan fingerprint density at radius 2 is 2.12 bits per heavy atom. The first-order chi connectivity index (χ1) is 8.19. The van der Waals surface area contributed by atoms with Crippen LogP contribution in [0.4, 0.5) is 0 Å². The van der Waals surface area contributed by atoms with E-state index in [4.69, 9.17) is 4.74 Å². The van der Waals surface area contributed by atoms with Gasteiger partial charge in [0.2, 0.25) is 0 Å². The number of rotatable bonds is 7. The van der Waals surface area contributed by atoms with Gasteiger partial charge >= 0.3 is 0 Å². The van der Waals surface area contributed by atoms with Gasteiger partial charge in [0.1, 0.15) is 0 Å². The van der Waals surface area contributed by atoms with E-state index in [1.165, 1.54) is 11.1 Å². The summed E-state index contributed by atoms with van der Waals surface area (Å²) < 4.78 is 5.17. The Balaban J connectivity index is 2.77. The van der Waals surface area contributed by atoms with Crippen molar-refractivity contribution in [2.75, 3.05) is 20.3 Å². The maximum atomic E-state index is 5.17. The lowest BCUT2D eigenvalue weighted by Gasteiger charge is -2.25. The van der Waals surface area contributed by atoms with E-state index < -0.39 is 0 Å². The molecule has 0 amide bonds. The Morgan fingerprint density at radius 1 is 1.35 bits per heavy atom. The highest BCUT2D eigenvalue weighted by Gasteiger charge is 2.17. The minimum atomic E-state index is 0.426. The van der Waals surface area contributed by atoms with E-state index in [2.05, 4.69) is 50.4 Å². The van der Waals surface area contributed by atoms with Gasteiger partial charge in [-0.25, -0.2) is 0 Å². The molecule has 0 bridgehead atoms. The molecule has 2 nitrogen and oxygen atoms in total. The molecule has 2 heteroatoms. The fourth-order valence-corrected chi connectivity index (χ4v) is 2.20. The van der Waals surface area contributed by atoms with Crippen molar-refractivity contribution >= 4 is 0 Å². The predicted molar refractivity (Wildman–Crippen MR) is 73.3 cm³/mol. The summed E-state index contributed by atoms with van der Waals surface area (Å²) in [6.07, 6.45) is 1.09. The van der Waals surface area contributed by atoms with Crippen LogP contribution in [0.3, 0.4) is 0 Å². The molecule has 1 N–H and O–H groups in total. The molecule has 2 unspecified atom stereocenters.